The Labute approximate surface area is 107 Å². The van der Waals surface area contributed by atoms with E-state index < -0.39 is 11.6 Å². The van der Waals surface area contributed by atoms with E-state index in [0.717, 1.165) is 29.3 Å². The number of aromatic nitrogens is 1. The van der Waals surface area contributed by atoms with Gasteiger partial charge < -0.3 is 4.98 Å². The van der Waals surface area contributed by atoms with Crippen molar-refractivity contribution in [2.45, 2.75) is 0 Å². The first-order valence-corrected chi connectivity index (χ1v) is 5.72. The Bertz CT molecular complexity index is 777. The van der Waals surface area contributed by atoms with Crippen molar-refractivity contribution in [1.29, 1.82) is 0 Å². The highest BCUT2D eigenvalue weighted by molar-refractivity contribution is 6.04. The summed E-state index contributed by atoms with van der Waals surface area (Å²) >= 11 is 0. The van der Waals surface area contributed by atoms with E-state index in [1.54, 1.807) is 6.07 Å². The fraction of sp³-hybridized carbons (Fsp3) is 0. The predicted molar refractivity (Wildman–Crippen MR) is 69.0 cm³/mol. The van der Waals surface area contributed by atoms with E-state index in [4.69, 9.17) is 0 Å². The van der Waals surface area contributed by atoms with Gasteiger partial charge in [-0.25, -0.2) is 8.78 Å². The quantitative estimate of drug-likeness (QED) is 0.693. The topological polar surface area (TPSA) is 32.9 Å². The highest BCUT2D eigenvalue weighted by Crippen LogP contribution is 2.29. The predicted octanol–water partition coefficient (Wildman–Crippen LogP) is 3.93. The van der Waals surface area contributed by atoms with Crippen molar-refractivity contribution in [2.24, 2.45) is 0 Å². The Morgan fingerprint density at radius 3 is 2.53 bits per heavy atom. The first-order chi connectivity index (χ1) is 9.20. The standard InChI is InChI=1S/C15H9F2NO/c16-12-6-5-9(7-13(12)17)15-11(8-19)10-3-1-2-4-14(10)18-15/h1-8,18H. The van der Waals surface area contributed by atoms with Crippen molar-refractivity contribution in [1.82, 2.24) is 4.98 Å². The first-order valence-electron chi connectivity index (χ1n) is 5.72. The molecule has 0 spiro atoms. The van der Waals surface area contributed by atoms with Crippen LogP contribution in [0.25, 0.3) is 22.2 Å². The Morgan fingerprint density at radius 1 is 1.00 bits per heavy atom. The van der Waals surface area contributed by atoms with Gasteiger partial charge in [-0.15, -0.1) is 0 Å². The van der Waals surface area contributed by atoms with E-state index in [9.17, 15) is 13.6 Å². The second-order valence-corrected chi connectivity index (χ2v) is 4.21. The molecule has 2 nitrogen and oxygen atoms in total. The molecule has 0 radical (unpaired) electrons. The van der Waals surface area contributed by atoms with Crippen LogP contribution in [0, 0.1) is 11.6 Å². The van der Waals surface area contributed by atoms with Crippen LogP contribution in [0.15, 0.2) is 42.5 Å². The van der Waals surface area contributed by atoms with Gasteiger partial charge in [-0.2, -0.15) is 0 Å². The van der Waals surface area contributed by atoms with Crippen molar-refractivity contribution in [3.63, 3.8) is 0 Å². The molecule has 0 saturated heterocycles. The monoisotopic (exact) mass is 257 g/mol. The zero-order chi connectivity index (χ0) is 13.4. The molecule has 3 aromatic rings. The average molecular weight is 257 g/mol. The van der Waals surface area contributed by atoms with Crippen molar-refractivity contribution in [3.8, 4) is 11.3 Å². The lowest BCUT2D eigenvalue weighted by atomic mass is 10.1. The number of hydrogen-bond acceptors (Lipinski definition) is 1. The van der Waals surface area contributed by atoms with Crippen LogP contribution in [0.2, 0.25) is 0 Å². The molecule has 2 aromatic carbocycles. The van der Waals surface area contributed by atoms with Crippen LogP contribution in [-0.4, -0.2) is 11.3 Å². The molecule has 1 N–H and O–H groups in total. The van der Waals surface area contributed by atoms with Gasteiger partial charge in [0.1, 0.15) is 0 Å². The van der Waals surface area contributed by atoms with Gasteiger partial charge in [0.05, 0.1) is 5.69 Å². The second kappa shape index (κ2) is 4.31. The minimum absolute atomic E-state index is 0.442. The highest BCUT2D eigenvalue weighted by atomic mass is 19.2. The minimum atomic E-state index is -0.937. The first kappa shape index (κ1) is 11.6. The molecule has 3 rings (SSSR count). The molecular weight excluding hydrogens is 248 g/mol. The Balaban J connectivity index is 2.29. The average Bonchev–Trinajstić information content (AvgIpc) is 2.80. The Kier molecular flexibility index (Phi) is 2.63. The normalized spacial score (nSPS) is 10.8. The summed E-state index contributed by atoms with van der Waals surface area (Å²) < 4.78 is 26.2. The fourth-order valence-corrected chi connectivity index (χ4v) is 2.17. The van der Waals surface area contributed by atoms with Crippen molar-refractivity contribution >= 4 is 17.2 Å². The van der Waals surface area contributed by atoms with Gasteiger partial charge in [-0.1, -0.05) is 18.2 Å². The van der Waals surface area contributed by atoms with Gasteiger partial charge in [0.25, 0.3) is 0 Å². The van der Waals surface area contributed by atoms with Crippen LogP contribution in [0.5, 0.6) is 0 Å². The van der Waals surface area contributed by atoms with E-state index in [1.807, 2.05) is 18.2 Å². The van der Waals surface area contributed by atoms with E-state index in [-0.39, 0.29) is 0 Å². The highest BCUT2D eigenvalue weighted by Gasteiger charge is 2.13. The number of carbonyl (C=O) groups excluding carboxylic acids is 1. The van der Waals surface area contributed by atoms with Crippen LogP contribution in [0.3, 0.4) is 0 Å². The van der Waals surface area contributed by atoms with Gasteiger partial charge in [0, 0.05) is 22.0 Å². The number of benzene rings is 2. The van der Waals surface area contributed by atoms with Gasteiger partial charge in [-0.3, -0.25) is 4.79 Å². The summed E-state index contributed by atoms with van der Waals surface area (Å²) in [5.41, 5.74) is 2.17. The smallest absolute Gasteiger partial charge is 0.159 e. The second-order valence-electron chi connectivity index (χ2n) is 4.21. The third-order valence-corrected chi connectivity index (χ3v) is 3.07. The zero-order valence-electron chi connectivity index (χ0n) is 9.78. The Hall–Kier alpha value is -2.49. The number of halogens is 2. The summed E-state index contributed by atoms with van der Waals surface area (Å²) in [5.74, 6) is -1.85. The molecule has 0 saturated carbocycles. The minimum Gasteiger partial charge on any atom is -0.354 e. The summed E-state index contributed by atoms with van der Waals surface area (Å²) in [6, 6.07) is 10.8. The third-order valence-electron chi connectivity index (χ3n) is 3.07. The lowest BCUT2D eigenvalue weighted by molar-refractivity contribution is 0.112. The van der Waals surface area contributed by atoms with Gasteiger partial charge in [-0.05, 0) is 24.3 Å². The number of aromatic amines is 1. The summed E-state index contributed by atoms with van der Waals surface area (Å²) in [5, 5.41) is 0.761. The van der Waals surface area contributed by atoms with Gasteiger partial charge in [0.2, 0.25) is 0 Å². The fourth-order valence-electron chi connectivity index (χ4n) is 2.17. The maximum atomic E-state index is 13.3. The molecule has 0 aliphatic carbocycles. The summed E-state index contributed by atoms with van der Waals surface area (Å²) in [6.07, 6.45) is 0.718. The van der Waals surface area contributed by atoms with E-state index in [2.05, 4.69) is 4.98 Å². The number of aldehydes is 1. The third kappa shape index (κ3) is 1.81. The number of H-pyrrole nitrogens is 1. The lowest BCUT2D eigenvalue weighted by Crippen LogP contribution is -1.88. The van der Waals surface area contributed by atoms with E-state index in [1.165, 1.54) is 6.07 Å². The maximum Gasteiger partial charge on any atom is 0.159 e. The molecule has 4 heteroatoms. The van der Waals surface area contributed by atoms with Crippen LogP contribution < -0.4 is 0 Å². The van der Waals surface area contributed by atoms with Crippen molar-refractivity contribution in [3.05, 3.63) is 59.7 Å². The molecule has 0 aliphatic rings. The molecule has 0 fully saturated rings. The van der Waals surface area contributed by atoms with Crippen LogP contribution in [0.1, 0.15) is 10.4 Å². The molecule has 0 bridgehead atoms. The Morgan fingerprint density at radius 2 is 1.79 bits per heavy atom. The van der Waals surface area contributed by atoms with Crippen LogP contribution >= 0.6 is 0 Å². The molecule has 1 aromatic heterocycles. The number of rotatable bonds is 2. The van der Waals surface area contributed by atoms with E-state index >= 15 is 0 Å². The van der Waals surface area contributed by atoms with Crippen LogP contribution in [-0.2, 0) is 0 Å². The molecule has 0 unspecified atom stereocenters. The van der Waals surface area contributed by atoms with Crippen molar-refractivity contribution in [2.75, 3.05) is 0 Å². The van der Waals surface area contributed by atoms with Gasteiger partial charge in [0.15, 0.2) is 17.9 Å². The number of carbonyl (C=O) groups is 1. The summed E-state index contributed by atoms with van der Waals surface area (Å²) in [7, 11) is 0. The maximum absolute atomic E-state index is 13.3. The van der Waals surface area contributed by atoms with Crippen molar-refractivity contribution < 1.29 is 13.6 Å². The molecule has 19 heavy (non-hydrogen) atoms. The molecule has 94 valence electrons. The summed E-state index contributed by atoms with van der Waals surface area (Å²) in [4.78, 5) is 14.3. The zero-order valence-corrected chi connectivity index (χ0v) is 9.78. The molecule has 0 atom stereocenters. The molecule has 0 amide bonds. The van der Waals surface area contributed by atoms with Crippen LogP contribution in [0.4, 0.5) is 8.78 Å². The number of fused-ring (bicyclic) bond motifs is 1. The summed E-state index contributed by atoms with van der Waals surface area (Å²) in [6.45, 7) is 0. The van der Waals surface area contributed by atoms with Gasteiger partial charge >= 0.3 is 0 Å². The number of hydrogen-bond donors (Lipinski definition) is 1. The SMILES string of the molecule is O=Cc1c(-c2ccc(F)c(F)c2)[nH]c2ccccc12. The number of nitrogens with one attached hydrogen (secondary N) is 1. The largest absolute Gasteiger partial charge is 0.354 e. The lowest BCUT2D eigenvalue weighted by Gasteiger charge is -2.01. The van der Waals surface area contributed by atoms with E-state index in [0.29, 0.717) is 16.8 Å². The molecule has 0 aliphatic heterocycles. The molecule has 1 heterocycles. The number of para-hydroxylation sites is 1. The molecular formula is C15H9F2NO.